The van der Waals surface area contributed by atoms with Crippen LogP contribution >= 0.6 is 0 Å². The molecule has 2 aliphatic heterocycles. The molecule has 4 heterocycles. The fraction of sp³-hybridized carbons (Fsp3) is 0.474. The molecule has 0 aromatic carbocycles. The number of furan rings is 1. The fourth-order valence-corrected chi connectivity index (χ4v) is 3.76. The largest absolute Gasteiger partial charge is 0.465 e. The molecule has 2 saturated heterocycles. The molecular weight excluding hydrogens is 318 g/mol. The summed E-state index contributed by atoms with van der Waals surface area (Å²) in [7, 11) is 0. The van der Waals surface area contributed by atoms with Gasteiger partial charge >= 0.3 is 0 Å². The van der Waals surface area contributed by atoms with Crippen molar-refractivity contribution in [2.24, 2.45) is 5.92 Å². The van der Waals surface area contributed by atoms with Crippen molar-refractivity contribution in [3.63, 3.8) is 0 Å². The van der Waals surface area contributed by atoms with Crippen molar-refractivity contribution >= 4 is 11.6 Å². The molecule has 2 aliphatic rings. The average Bonchev–Trinajstić information content (AvgIpc) is 3.21. The smallest absolute Gasteiger partial charge is 0.253 e. The third kappa shape index (κ3) is 3.75. The molecule has 25 heavy (non-hydrogen) atoms. The monoisotopic (exact) mass is 341 g/mol. The molecule has 6 nitrogen and oxygen atoms in total. The number of likely N-dealkylation sites (tertiary alicyclic amines) is 1. The van der Waals surface area contributed by atoms with E-state index in [1.807, 2.05) is 25.1 Å². The number of carbonyl (C=O) groups excluding carboxylic acids is 1. The van der Waals surface area contributed by atoms with Crippen LogP contribution in [0, 0.1) is 12.8 Å². The summed E-state index contributed by atoms with van der Waals surface area (Å²) in [5, 5.41) is 2.89. The van der Waals surface area contributed by atoms with Crippen LogP contribution in [0.2, 0.25) is 0 Å². The Balaban J connectivity index is 1.33. The van der Waals surface area contributed by atoms with Crippen molar-refractivity contribution in [3.8, 4) is 0 Å². The van der Waals surface area contributed by atoms with E-state index in [4.69, 9.17) is 9.15 Å². The van der Waals surface area contributed by atoms with Crippen LogP contribution in [0.1, 0.15) is 24.4 Å². The SMILES string of the molecule is Cc1ccc(CN2CC[C@H]3C[C@@H](C(=O)Nc4cccnc4)O[C@H]3C2)o1. The number of nitrogens with zero attached hydrogens (tertiary/aromatic N) is 2. The normalized spacial score (nSPS) is 26.4. The second-order valence-electron chi connectivity index (χ2n) is 6.93. The minimum absolute atomic E-state index is 0.0735. The van der Waals surface area contributed by atoms with Crippen LogP contribution in [0.3, 0.4) is 0 Å². The van der Waals surface area contributed by atoms with Gasteiger partial charge in [-0.2, -0.15) is 0 Å². The van der Waals surface area contributed by atoms with E-state index in [1.54, 1.807) is 18.5 Å². The highest BCUT2D eigenvalue weighted by molar-refractivity contribution is 5.94. The van der Waals surface area contributed by atoms with Gasteiger partial charge in [-0.05, 0) is 56.5 Å². The molecule has 3 atom stereocenters. The Hall–Kier alpha value is -2.18. The van der Waals surface area contributed by atoms with E-state index in [1.165, 1.54) is 0 Å². The molecule has 0 unspecified atom stereocenters. The quantitative estimate of drug-likeness (QED) is 0.926. The predicted molar refractivity (Wildman–Crippen MR) is 93.0 cm³/mol. The van der Waals surface area contributed by atoms with Crippen molar-refractivity contribution < 1.29 is 13.9 Å². The van der Waals surface area contributed by atoms with Crippen LogP contribution in [0.5, 0.6) is 0 Å². The van der Waals surface area contributed by atoms with Gasteiger partial charge in [0.1, 0.15) is 17.6 Å². The predicted octanol–water partition coefficient (Wildman–Crippen LogP) is 2.60. The number of fused-ring (bicyclic) bond motifs is 1. The van der Waals surface area contributed by atoms with Crippen LogP contribution in [-0.4, -0.2) is 41.1 Å². The van der Waals surface area contributed by atoms with Gasteiger partial charge in [-0.25, -0.2) is 0 Å². The number of aryl methyl sites for hydroxylation is 1. The number of carbonyl (C=O) groups is 1. The van der Waals surface area contributed by atoms with Gasteiger partial charge in [0.25, 0.3) is 5.91 Å². The summed E-state index contributed by atoms with van der Waals surface area (Å²) in [6, 6.07) is 7.66. The van der Waals surface area contributed by atoms with Gasteiger partial charge < -0.3 is 14.5 Å². The van der Waals surface area contributed by atoms with Crippen molar-refractivity contribution in [1.29, 1.82) is 0 Å². The second-order valence-corrected chi connectivity index (χ2v) is 6.93. The van der Waals surface area contributed by atoms with Gasteiger partial charge in [-0.15, -0.1) is 0 Å². The number of pyridine rings is 1. The summed E-state index contributed by atoms with van der Waals surface area (Å²) in [6.07, 6.45) is 4.93. The van der Waals surface area contributed by atoms with Crippen LogP contribution < -0.4 is 5.32 Å². The van der Waals surface area contributed by atoms with E-state index >= 15 is 0 Å². The maximum atomic E-state index is 12.4. The number of ether oxygens (including phenoxy) is 1. The summed E-state index contributed by atoms with van der Waals surface area (Å²) in [6.45, 7) is 4.62. The molecule has 2 fully saturated rings. The van der Waals surface area contributed by atoms with Crippen molar-refractivity contribution in [1.82, 2.24) is 9.88 Å². The number of piperidine rings is 1. The first kappa shape index (κ1) is 16.3. The highest BCUT2D eigenvalue weighted by atomic mass is 16.5. The standard InChI is InChI=1S/C19H23N3O3/c1-13-4-5-16(24-13)11-22-8-6-14-9-17(25-18(14)12-22)19(23)21-15-3-2-7-20-10-15/h2-5,7,10,14,17-18H,6,8-9,11-12H2,1H3,(H,21,23)/t14-,17-,18-/m0/s1. The number of amides is 1. The number of aromatic nitrogens is 1. The minimum Gasteiger partial charge on any atom is -0.465 e. The van der Waals surface area contributed by atoms with Gasteiger partial charge in [0.15, 0.2) is 0 Å². The second kappa shape index (κ2) is 6.98. The van der Waals surface area contributed by atoms with Gasteiger partial charge in [-0.1, -0.05) is 0 Å². The van der Waals surface area contributed by atoms with Crippen LogP contribution in [0.4, 0.5) is 5.69 Å². The van der Waals surface area contributed by atoms with Crippen LogP contribution in [-0.2, 0) is 16.1 Å². The van der Waals surface area contributed by atoms with E-state index < -0.39 is 0 Å². The van der Waals surface area contributed by atoms with Gasteiger partial charge in [-0.3, -0.25) is 14.7 Å². The van der Waals surface area contributed by atoms with Gasteiger partial charge in [0.2, 0.25) is 0 Å². The van der Waals surface area contributed by atoms with Crippen molar-refractivity contribution in [2.45, 2.75) is 38.5 Å². The van der Waals surface area contributed by atoms with E-state index in [0.717, 1.165) is 44.0 Å². The lowest BCUT2D eigenvalue weighted by Gasteiger charge is -2.33. The van der Waals surface area contributed by atoms with E-state index in [9.17, 15) is 4.79 Å². The Kier molecular flexibility index (Phi) is 4.55. The molecule has 6 heteroatoms. The first-order valence-corrected chi connectivity index (χ1v) is 8.81. The van der Waals surface area contributed by atoms with E-state index in [-0.39, 0.29) is 18.1 Å². The summed E-state index contributed by atoms with van der Waals surface area (Å²) in [5.41, 5.74) is 0.709. The lowest BCUT2D eigenvalue weighted by Crippen LogP contribution is -2.41. The first-order chi connectivity index (χ1) is 12.2. The molecule has 1 N–H and O–H groups in total. The Morgan fingerprint density at radius 3 is 3.08 bits per heavy atom. The molecule has 0 spiro atoms. The maximum Gasteiger partial charge on any atom is 0.253 e. The van der Waals surface area contributed by atoms with Crippen LogP contribution in [0.25, 0.3) is 0 Å². The molecule has 1 amide bonds. The highest BCUT2D eigenvalue weighted by Gasteiger charge is 2.41. The summed E-state index contributed by atoms with van der Waals surface area (Å²) < 4.78 is 11.7. The molecule has 2 aromatic rings. The number of rotatable bonds is 4. The molecule has 2 aromatic heterocycles. The average molecular weight is 341 g/mol. The lowest BCUT2D eigenvalue weighted by molar-refractivity contribution is -0.127. The Morgan fingerprint density at radius 2 is 2.32 bits per heavy atom. The highest BCUT2D eigenvalue weighted by Crippen LogP contribution is 2.34. The third-order valence-corrected chi connectivity index (χ3v) is 5.03. The van der Waals surface area contributed by atoms with Crippen molar-refractivity contribution in [2.75, 3.05) is 18.4 Å². The third-order valence-electron chi connectivity index (χ3n) is 5.03. The molecule has 0 radical (unpaired) electrons. The Bertz CT molecular complexity index is 731. The van der Waals surface area contributed by atoms with E-state index in [2.05, 4.69) is 15.2 Å². The van der Waals surface area contributed by atoms with Gasteiger partial charge in [0.05, 0.1) is 24.5 Å². The Morgan fingerprint density at radius 1 is 1.40 bits per heavy atom. The molecule has 0 saturated carbocycles. The minimum atomic E-state index is -0.374. The summed E-state index contributed by atoms with van der Waals surface area (Å²) in [5.74, 6) is 2.31. The Labute approximate surface area is 147 Å². The zero-order chi connectivity index (χ0) is 17.2. The zero-order valence-electron chi connectivity index (χ0n) is 14.4. The lowest BCUT2D eigenvalue weighted by atomic mass is 9.91. The summed E-state index contributed by atoms with van der Waals surface area (Å²) in [4.78, 5) is 18.8. The van der Waals surface area contributed by atoms with Crippen molar-refractivity contribution in [3.05, 3.63) is 48.2 Å². The number of anilines is 1. The summed E-state index contributed by atoms with van der Waals surface area (Å²) >= 11 is 0. The maximum absolute atomic E-state index is 12.4. The fourth-order valence-electron chi connectivity index (χ4n) is 3.76. The topological polar surface area (TPSA) is 67.6 Å². The van der Waals surface area contributed by atoms with Gasteiger partial charge in [0, 0.05) is 12.7 Å². The van der Waals surface area contributed by atoms with Crippen LogP contribution in [0.15, 0.2) is 41.1 Å². The molecular formula is C19H23N3O3. The number of hydrogen-bond donors (Lipinski definition) is 1. The molecule has 132 valence electrons. The molecule has 0 aliphatic carbocycles. The zero-order valence-corrected chi connectivity index (χ0v) is 14.4. The molecule has 0 bridgehead atoms. The number of hydrogen-bond acceptors (Lipinski definition) is 5. The molecule has 4 rings (SSSR count). The number of nitrogens with one attached hydrogen (secondary N) is 1. The first-order valence-electron chi connectivity index (χ1n) is 8.81. The van der Waals surface area contributed by atoms with E-state index in [0.29, 0.717) is 11.6 Å².